The molecule has 5 heteroatoms. The van der Waals surface area contributed by atoms with Crippen LogP contribution in [-0.4, -0.2) is 20.2 Å². The molecule has 1 aliphatic heterocycles. The van der Waals surface area contributed by atoms with E-state index in [1.54, 1.807) is 4.68 Å². The highest BCUT2D eigenvalue weighted by atomic mass is 15.6. The van der Waals surface area contributed by atoms with Gasteiger partial charge in [0.2, 0.25) is 5.95 Å². The number of benzene rings is 2. The number of rotatable bonds is 1. The molecule has 0 aliphatic carbocycles. The molecule has 4 rings (SSSR count). The van der Waals surface area contributed by atoms with Crippen molar-refractivity contribution in [2.45, 2.75) is 6.04 Å². The zero-order chi connectivity index (χ0) is 12.7. The number of nitrogens with one attached hydrogen (secondary N) is 1. The summed E-state index contributed by atoms with van der Waals surface area (Å²) in [5.74, 6) is 0.674. The Morgan fingerprint density at radius 1 is 0.947 bits per heavy atom. The first-order chi connectivity index (χ1) is 9.43. The quantitative estimate of drug-likeness (QED) is 0.718. The van der Waals surface area contributed by atoms with E-state index in [9.17, 15) is 0 Å². The number of para-hydroxylation sites is 1. The van der Waals surface area contributed by atoms with Crippen molar-refractivity contribution in [3.8, 4) is 5.69 Å². The van der Waals surface area contributed by atoms with Gasteiger partial charge in [-0.1, -0.05) is 53.6 Å². The lowest BCUT2D eigenvalue weighted by Crippen LogP contribution is -2.22. The predicted molar refractivity (Wildman–Crippen MR) is 71.1 cm³/mol. The Morgan fingerprint density at radius 2 is 1.74 bits per heavy atom. The summed E-state index contributed by atoms with van der Waals surface area (Å²) < 4.78 is 1.73. The monoisotopic (exact) mass is 249 g/mol. The van der Waals surface area contributed by atoms with Crippen molar-refractivity contribution in [1.82, 2.24) is 20.2 Å². The number of anilines is 1. The molecule has 19 heavy (non-hydrogen) atoms. The van der Waals surface area contributed by atoms with Crippen LogP contribution in [0.2, 0.25) is 0 Å². The predicted octanol–water partition coefficient (Wildman–Crippen LogP) is 2.18. The van der Waals surface area contributed by atoms with E-state index < -0.39 is 0 Å². The second-order valence-corrected chi connectivity index (χ2v) is 4.46. The van der Waals surface area contributed by atoms with Crippen LogP contribution >= 0.6 is 0 Å². The second kappa shape index (κ2) is 3.91. The number of hydrogen-bond donors (Lipinski definition) is 1. The van der Waals surface area contributed by atoms with Crippen LogP contribution in [0.15, 0.2) is 54.6 Å². The Hall–Kier alpha value is -2.69. The highest BCUT2D eigenvalue weighted by molar-refractivity contribution is 5.56. The topological polar surface area (TPSA) is 55.6 Å². The molecular formula is C14H11N5. The van der Waals surface area contributed by atoms with Gasteiger partial charge in [-0.25, -0.2) is 0 Å². The van der Waals surface area contributed by atoms with E-state index in [1.165, 1.54) is 11.1 Å². The third-order valence-corrected chi connectivity index (χ3v) is 3.35. The lowest BCUT2D eigenvalue weighted by atomic mass is 9.96. The van der Waals surface area contributed by atoms with Crippen LogP contribution < -0.4 is 5.32 Å². The van der Waals surface area contributed by atoms with E-state index in [2.05, 4.69) is 39.0 Å². The number of nitrogens with zero attached hydrogens (tertiary/aromatic N) is 4. The Morgan fingerprint density at radius 3 is 2.63 bits per heavy atom. The fourth-order valence-corrected chi connectivity index (χ4v) is 2.48. The molecule has 92 valence electrons. The maximum atomic E-state index is 4.02. The average molecular weight is 249 g/mol. The minimum atomic E-state index is 0.0795. The van der Waals surface area contributed by atoms with E-state index in [-0.39, 0.29) is 6.04 Å². The van der Waals surface area contributed by atoms with Crippen molar-refractivity contribution in [1.29, 1.82) is 0 Å². The van der Waals surface area contributed by atoms with Gasteiger partial charge in [-0.15, -0.1) is 0 Å². The Balaban J connectivity index is 1.93. The Bertz CT molecular complexity index is 719. The van der Waals surface area contributed by atoms with Gasteiger partial charge in [0, 0.05) is 5.56 Å². The molecule has 2 aromatic carbocycles. The van der Waals surface area contributed by atoms with Gasteiger partial charge >= 0.3 is 0 Å². The van der Waals surface area contributed by atoms with E-state index in [0.717, 1.165) is 5.69 Å². The summed E-state index contributed by atoms with van der Waals surface area (Å²) >= 11 is 0. The summed E-state index contributed by atoms with van der Waals surface area (Å²) in [7, 11) is 0. The van der Waals surface area contributed by atoms with Crippen LogP contribution in [0.25, 0.3) is 5.69 Å². The lowest BCUT2D eigenvalue weighted by Gasteiger charge is -2.26. The van der Waals surface area contributed by atoms with Gasteiger partial charge in [0.1, 0.15) is 0 Å². The van der Waals surface area contributed by atoms with Crippen LogP contribution in [0.4, 0.5) is 5.95 Å². The van der Waals surface area contributed by atoms with Gasteiger partial charge in [0.25, 0.3) is 0 Å². The van der Waals surface area contributed by atoms with Crippen molar-refractivity contribution in [3.05, 3.63) is 65.7 Å². The molecule has 5 nitrogen and oxygen atoms in total. The number of hydrogen-bond acceptors (Lipinski definition) is 4. The van der Waals surface area contributed by atoms with Crippen molar-refractivity contribution in [3.63, 3.8) is 0 Å². The second-order valence-electron chi connectivity index (χ2n) is 4.46. The van der Waals surface area contributed by atoms with E-state index in [1.807, 2.05) is 36.4 Å². The molecule has 3 aromatic rings. The smallest absolute Gasteiger partial charge is 0.248 e. The van der Waals surface area contributed by atoms with Gasteiger partial charge in [-0.05, 0) is 22.1 Å². The summed E-state index contributed by atoms with van der Waals surface area (Å²) in [4.78, 5) is 0. The first-order valence-corrected chi connectivity index (χ1v) is 6.12. The molecule has 1 unspecified atom stereocenters. The molecule has 0 spiro atoms. The molecule has 0 radical (unpaired) electrons. The van der Waals surface area contributed by atoms with Crippen LogP contribution in [0.3, 0.4) is 0 Å². The van der Waals surface area contributed by atoms with Crippen LogP contribution in [0.1, 0.15) is 17.2 Å². The molecular weight excluding hydrogens is 238 g/mol. The van der Waals surface area contributed by atoms with E-state index in [4.69, 9.17) is 0 Å². The van der Waals surface area contributed by atoms with Crippen LogP contribution in [-0.2, 0) is 0 Å². The summed E-state index contributed by atoms with van der Waals surface area (Å²) in [5.41, 5.74) is 3.40. The third kappa shape index (κ3) is 1.52. The highest BCUT2D eigenvalue weighted by Gasteiger charge is 2.26. The number of tetrazole rings is 1. The van der Waals surface area contributed by atoms with Crippen molar-refractivity contribution in [2.75, 3.05) is 5.32 Å². The molecule has 0 fully saturated rings. The molecule has 1 aromatic heterocycles. The fraction of sp³-hybridized carbons (Fsp3) is 0.0714. The van der Waals surface area contributed by atoms with Crippen LogP contribution in [0.5, 0.6) is 0 Å². The van der Waals surface area contributed by atoms with Crippen molar-refractivity contribution < 1.29 is 0 Å². The minimum Gasteiger partial charge on any atom is -0.342 e. The van der Waals surface area contributed by atoms with Gasteiger partial charge in [0.05, 0.1) is 11.7 Å². The van der Waals surface area contributed by atoms with Gasteiger partial charge in [0.15, 0.2) is 0 Å². The first kappa shape index (κ1) is 10.3. The normalized spacial score (nSPS) is 16.3. The van der Waals surface area contributed by atoms with Gasteiger partial charge < -0.3 is 5.32 Å². The van der Waals surface area contributed by atoms with E-state index >= 15 is 0 Å². The number of aromatic nitrogens is 4. The Kier molecular flexibility index (Phi) is 2.11. The molecule has 1 N–H and O–H groups in total. The Labute approximate surface area is 109 Å². The number of fused-ring (bicyclic) bond motifs is 3. The molecule has 0 saturated heterocycles. The first-order valence-electron chi connectivity index (χ1n) is 6.12. The zero-order valence-electron chi connectivity index (χ0n) is 10.1. The van der Waals surface area contributed by atoms with Crippen molar-refractivity contribution in [2.24, 2.45) is 0 Å². The highest BCUT2D eigenvalue weighted by Crippen LogP contribution is 2.34. The molecule has 2 heterocycles. The minimum absolute atomic E-state index is 0.0795. The average Bonchev–Trinajstić information content (AvgIpc) is 2.96. The SMILES string of the molecule is c1ccc(C2Nc3nnnn3-c3ccccc32)cc1. The standard InChI is InChI=1S/C14H11N5/c1-2-6-10(7-3-1)13-11-8-4-5-9-12(11)19-14(15-13)16-17-18-19/h1-9,13H,(H,15,16,18). The van der Waals surface area contributed by atoms with E-state index in [0.29, 0.717) is 5.95 Å². The van der Waals surface area contributed by atoms with Gasteiger partial charge in [-0.2, -0.15) is 4.68 Å². The maximum Gasteiger partial charge on any atom is 0.248 e. The summed E-state index contributed by atoms with van der Waals surface area (Å²) in [6.45, 7) is 0. The zero-order valence-corrected chi connectivity index (χ0v) is 10.1. The molecule has 0 bridgehead atoms. The fourth-order valence-electron chi connectivity index (χ4n) is 2.48. The van der Waals surface area contributed by atoms with Crippen LogP contribution in [0, 0.1) is 0 Å². The van der Waals surface area contributed by atoms with Gasteiger partial charge in [-0.3, -0.25) is 0 Å². The maximum absolute atomic E-state index is 4.02. The molecule has 1 aliphatic rings. The molecule has 0 amide bonds. The van der Waals surface area contributed by atoms with Crippen molar-refractivity contribution >= 4 is 5.95 Å². The summed E-state index contributed by atoms with van der Waals surface area (Å²) in [6.07, 6.45) is 0. The summed E-state index contributed by atoms with van der Waals surface area (Å²) in [5, 5.41) is 15.1. The molecule has 0 saturated carbocycles. The third-order valence-electron chi connectivity index (χ3n) is 3.35. The largest absolute Gasteiger partial charge is 0.342 e. The lowest BCUT2D eigenvalue weighted by molar-refractivity contribution is 0.749. The summed E-state index contributed by atoms with van der Waals surface area (Å²) in [6, 6.07) is 18.6. The molecule has 1 atom stereocenters.